The van der Waals surface area contributed by atoms with E-state index in [-0.39, 0.29) is 0 Å². The van der Waals surface area contributed by atoms with Gasteiger partial charge in [0.15, 0.2) is 5.58 Å². The number of rotatable bonds is 6. The van der Waals surface area contributed by atoms with Crippen molar-refractivity contribution in [1.82, 2.24) is 4.98 Å². The molecule has 1 aromatic heterocycles. The Kier molecular flexibility index (Phi) is 4.57. The van der Waals surface area contributed by atoms with E-state index < -0.39 is 0 Å². The molecule has 3 aromatic rings. The molecule has 0 aliphatic heterocycles. The quantitative estimate of drug-likeness (QED) is 0.471. The Bertz CT molecular complexity index is 842. The summed E-state index contributed by atoms with van der Waals surface area (Å²) in [5.74, 6) is 7.50. The monoisotopic (exact) mass is 326 g/mol. The summed E-state index contributed by atoms with van der Waals surface area (Å²) in [4.78, 5) is 4.54. The smallest absolute Gasteiger partial charge is 0.227 e. The number of benzene rings is 2. The first-order valence-corrected chi connectivity index (χ1v) is 7.90. The van der Waals surface area contributed by atoms with Gasteiger partial charge in [-0.2, -0.15) is 0 Å². The molecule has 0 amide bonds. The maximum absolute atomic E-state index is 5.84. The van der Waals surface area contributed by atoms with Crippen molar-refractivity contribution in [3.8, 4) is 17.2 Å². The van der Waals surface area contributed by atoms with Gasteiger partial charge in [0.25, 0.3) is 0 Å². The fourth-order valence-electron chi connectivity index (χ4n) is 2.42. The molecule has 0 aliphatic rings. The molecular formula is C18H22N4O2. The van der Waals surface area contributed by atoms with Gasteiger partial charge in [-0.3, -0.25) is 5.84 Å². The molecule has 0 radical (unpaired) electrons. The lowest BCUT2D eigenvalue weighted by Gasteiger charge is -2.14. The maximum Gasteiger partial charge on any atom is 0.227 e. The molecule has 24 heavy (non-hydrogen) atoms. The zero-order chi connectivity index (χ0) is 17.1. The van der Waals surface area contributed by atoms with E-state index in [1.807, 2.05) is 36.4 Å². The second kappa shape index (κ2) is 6.80. The minimum Gasteiger partial charge on any atom is -0.497 e. The lowest BCUT2D eigenvalue weighted by molar-refractivity contribution is 0.415. The fraction of sp³-hybridized carbons (Fsp3) is 0.278. The maximum atomic E-state index is 5.84. The molecule has 6 nitrogen and oxygen atoms in total. The van der Waals surface area contributed by atoms with E-state index in [0.29, 0.717) is 11.8 Å². The molecule has 6 heteroatoms. The predicted octanol–water partition coefficient (Wildman–Crippen LogP) is 3.86. The lowest BCUT2D eigenvalue weighted by Crippen LogP contribution is -2.13. The number of nitrogens with two attached hydrogens (primary N) is 1. The number of anilines is 2. The number of hydrazine groups is 1. The molecule has 0 unspecified atom stereocenters. The summed E-state index contributed by atoms with van der Waals surface area (Å²) in [5, 5.41) is 3.37. The van der Waals surface area contributed by atoms with Crippen molar-refractivity contribution in [2.45, 2.75) is 13.8 Å². The van der Waals surface area contributed by atoms with E-state index >= 15 is 0 Å². The minimum absolute atomic E-state index is 0.544. The fourth-order valence-corrected chi connectivity index (χ4v) is 2.42. The van der Waals surface area contributed by atoms with Crippen LogP contribution in [0.25, 0.3) is 22.6 Å². The van der Waals surface area contributed by atoms with Crippen molar-refractivity contribution in [2.75, 3.05) is 24.4 Å². The van der Waals surface area contributed by atoms with Crippen molar-refractivity contribution in [3.63, 3.8) is 0 Å². The summed E-state index contributed by atoms with van der Waals surface area (Å²) in [5.41, 5.74) is 6.81. The second-order valence-electron chi connectivity index (χ2n) is 6.03. The topological polar surface area (TPSA) is 85.3 Å². The average molecular weight is 326 g/mol. The molecule has 126 valence electrons. The molecule has 1 heterocycles. The van der Waals surface area contributed by atoms with Gasteiger partial charge in [-0.05, 0) is 36.2 Å². The number of hydrogen-bond acceptors (Lipinski definition) is 6. The Labute approximate surface area is 141 Å². The van der Waals surface area contributed by atoms with Crippen molar-refractivity contribution < 1.29 is 9.15 Å². The molecule has 0 aliphatic carbocycles. The van der Waals surface area contributed by atoms with Gasteiger partial charge >= 0.3 is 0 Å². The van der Waals surface area contributed by atoms with Crippen LogP contribution < -0.4 is 21.3 Å². The molecule has 0 spiro atoms. The Morgan fingerprint density at radius 2 is 2.00 bits per heavy atom. The van der Waals surface area contributed by atoms with Crippen LogP contribution in [-0.4, -0.2) is 18.6 Å². The van der Waals surface area contributed by atoms with E-state index in [2.05, 4.69) is 29.6 Å². The first kappa shape index (κ1) is 16.1. The van der Waals surface area contributed by atoms with Crippen molar-refractivity contribution in [1.29, 1.82) is 0 Å². The third-order valence-corrected chi connectivity index (χ3v) is 3.72. The summed E-state index contributed by atoms with van der Waals surface area (Å²) < 4.78 is 11.1. The van der Waals surface area contributed by atoms with Crippen LogP contribution in [0.3, 0.4) is 0 Å². The van der Waals surface area contributed by atoms with Crippen molar-refractivity contribution in [3.05, 3.63) is 36.4 Å². The van der Waals surface area contributed by atoms with Crippen LogP contribution in [0.5, 0.6) is 5.75 Å². The molecule has 0 saturated carbocycles. The largest absolute Gasteiger partial charge is 0.497 e. The van der Waals surface area contributed by atoms with Crippen molar-refractivity contribution in [2.24, 2.45) is 11.8 Å². The molecule has 0 saturated heterocycles. The molecule has 0 atom stereocenters. The van der Waals surface area contributed by atoms with Gasteiger partial charge in [0.1, 0.15) is 11.3 Å². The SMILES string of the molecule is COc1ccc2oc(-c3ccc(NCC(C)C)c(NN)c3)nc2c1. The number of nitrogen functional groups attached to an aromatic ring is 1. The van der Waals surface area contributed by atoms with E-state index in [1.165, 1.54) is 0 Å². The van der Waals surface area contributed by atoms with Crippen LogP contribution in [0.1, 0.15) is 13.8 Å². The highest BCUT2D eigenvalue weighted by Gasteiger charge is 2.11. The number of aromatic nitrogens is 1. The molecule has 0 fully saturated rings. The van der Waals surface area contributed by atoms with Crippen LogP contribution in [0.2, 0.25) is 0 Å². The van der Waals surface area contributed by atoms with Gasteiger partial charge in [0, 0.05) is 18.2 Å². The van der Waals surface area contributed by atoms with Crippen LogP contribution in [0.15, 0.2) is 40.8 Å². The Morgan fingerprint density at radius 1 is 1.17 bits per heavy atom. The number of nitrogens with zero attached hydrogens (tertiary/aromatic N) is 1. The third-order valence-electron chi connectivity index (χ3n) is 3.72. The Morgan fingerprint density at radius 3 is 2.71 bits per heavy atom. The number of fused-ring (bicyclic) bond motifs is 1. The highest BCUT2D eigenvalue weighted by atomic mass is 16.5. The molecule has 2 aromatic carbocycles. The van der Waals surface area contributed by atoms with Gasteiger partial charge < -0.3 is 19.9 Å². The number of oxazole rings is 1. The summed E-state index contributed by atoms with van der Waals surface area (Å²) >= 11 is 0. The number of hydrogen-bond donors (Lipinski definition) is 3. The zero-order valence-electron chi connectivity index (χ0n) is 14.1. The van der Waals surface area contributed by atoms with Gasteiger partial charge in [-0.15, -0.1) is 0 Å². The Hall–Kier alpha value is -2.73. The third kappa shape index (κ3) is 3.28. The van der Waals surface area contributed by atoms with Gasteiger partial charge in [0.2, 0.25) is 5.89 Å². The predicted molar refractivity (Wildman–Crippen MR) is 97.1 cm³/mol. The number of nitrogens with one attached hydrogen (secondary N) is 2. The molecular weight excluding hydrogens is 304 g/mol. The highest BCUT2D eigenvalue weighted by Crippen LogP contribution is 2.31. The normalized spacial score (nSPS) is 11.0. The molecule has 4 N–H and O–H groups in total. The number of methoxy groups -OCH3 is 1. The summed E-state index contributed by atoms with van der Waals surface area (Å²) in [7, 11) is 1.63. The Balaban J connectivity index is 1.94. The van der Waals surface area contributed by atoms with E-state index in [9.17, 15) is 0 Å². The lowest BCUT2D eigenvalue weighted by atomic mass is 10.1. The van der Waals surface area contributed by atoms with E-state index in [0.717, 1.165) is 40.3 Å². The first-order chi connectivity index (χ1) is 11.6. The van der Waals surface area contributed by atoms with Crippen LogP contribution >= 0.6 is 0 Å². The standard InChI is InChI=1S/C18H22N4O2/c1-11(2)10-20-14-6-4-12(8-15(14)22-19)18-21-16-9-13(23-3)5-7-17(16)24-18/h4-9,11,20,22H,10,19H2,1-3H3. The summed E-state index contributed by atoms with van der Waals surface area (Å²) in [6.07, 6.45) is 0. The van der Waals surface area contributed by atoms with Crippen LogP contribution in [0.4, 0.5) is 11.4 Å². The molecule has 3 rings (SSSR count). The zero-order valence-corrected chi connectivity index (χ0v) is 14.1. The van der Waals surface area contributed by atoms with Gasteiger partial charge in [0.05, 0.1) is 18.5 Å². The van der Waals surface area contributed by atoms with E-state index in [4.69, 9.17) is 15.0 Å². The van der Waals surface area contributed by atoms with Crippen LogP contribution in [0, 0.1) is 5.92 Å². The minimum atomic E-state index is 0.544. The van der Waals surface area contributed by atoms with Crippen LogP contribution in [-0.2, 0) is 0 Å². The summed E-state index contributed by atoms with van der Waals surface area (Å²) in [6, 6.07) is 11.4. The summed E-state index contributed by atoms with van der Waals surface area (Å²) in [6.45, 7) is 5.18. The second-order valence-corrected chi connectivity index (χ2v) is 6.03. The first-order valence-electron chi connectivity index (χ1n) is 7.90. The van der Waals surface area contributed by atoms with Crippen molar-refractivity contribution >= 4 is 22.5 Å². The number of ether oxygens (including phenoxy) is 1. The van der Waals surface area contributed by atoms with E-state index in [1.54, 1.807) is 7.11 Å². The highest BCUT2D eigenvalue weighted by molar-refractivity contribution is 5.80. The average Bonchev–Trinajstić information content (AvgIpc) is 3.02. The molecule has 0 bridgehead atoms. The van der Waals surface area contributed by atoms with Gasteiger partial charge in [-0.25, -0.2) is 4.98 Å². The van der Waals surface area contributed by atoms with Gasteiger partial charge in [-0.1, -0.05) is 13.8 Å².